The average molecular weight is 404 g/mol. The topological polar surface area (TPSA) is 83.7 Å². The number of carbonyl (C=O) groups is 1. The van der Waals surface area contributed by atoms with Gasteiger partial charge in [-0.2, -0.15) is 0 Å². The fourth-order valence-electron chi connectivity index (χ4n) is 3.20. The Morgan fingerprint density at radius 3 is 2.23 bits per heavy atom. The molecular weight excluding hydrogens is 380 g/mol. The number of non-ortho nitro benzene ring substituents is 1. The van der Waals surface area contributed by atoms with Crippen LogP contribution in [0.1, 0.15) is 31.7 Å². The molecule has 3 aromatic rings. The number of benzene rings is 3. The van der Waals surface area contributed by atoms with Crippen molar-refractivity contribution < 1.29 is 14.8 Å². The second-order valence-corrected chi connectivity index (χ2v) is 7.10. The molecule has 0 aliphatic rings. The van der Waals surface area contributed by atoms with Crippen LogP contribution in [-0.2, 0) is 11.3 Å². The summed E-state index contributed by atoms with van der Waals surface area (Å²) in [7, 11) is 0. The van der Waals surface area contributed by atoms with Crippen molar-refractivity contribution in [3.63, 3.8) is 0 Å². The summed E-state index contributed by atoms with van der Waals surface area (Å²) in [4.78, 5) is 25.2. The van der Waals surface area contributed by atoms with Crippen LogP contribution in [0.3, 0.4) is 0 Å². The second kappa shape index (κ2) is 9.69. The number of nitrogens with zero attached hydrogens (tertiary/aromatic N) is 2. The van der Waals surface area contributed by atoms with Gasteiger partial charge in [0, 0.05) is 18.6 Å². The van der Waals surface area contributed by atoms with Crippen LogP contribution in [0.2, 0.25) is 0 Å². The molecule has 6 nitrogen and oxygen atoms in total. The number of phenolic OH excluding ortho intramolecular Hbond substituents is 1. The maximum absolute atomic E-state index is 12.8. The van der Waals surface area contributed by atoms with Crippen LogP contribution in [-0.4, -0.2) is 15.9 Å². The van der Waals surface area contributed by atoms with Gasteiger partial charge in [-0.25, -0.2) is 0 Å². The van der Waals surface area contributed by atoms with Gasteiger partial charge in [-0.05, 0) is 41.3 Å². The van der Waals surface area contributed by atoms with E-state index in [0.717, 1.165) is 29.5 Å². The van der Waals surface area contributed by atoms with Crippen molar-refractivity contribution >= 4 is 17.3 Å². The quantitative estimate of drug-likeness (QED) is 0.386. The predicted molar refractivity (Wildman–Crippen MR) is 117 cm³/mol. The molecule has 1 amide bonds. The molecule has 6 heteroatoms. The van der Waals surface area contributed by atoms with E-state index in [4.69, 9.17) is 0 Å². The molecule has 0 saturated carbocycles. The van der Waals surface area contributed by atoms with Crippen molar-refractivity contribution in [3.05, 3.63) is 88.5 Å². The highest BCUT2D eigenvalue weighted by atomic mass is 16.6. The molecule has 0 fully saturated rings. The van der Waals surface area contributed by atoms with Crippen LogP contribution in [0, 0.1) is 10.1 Å². The molecule has 0 heterocycles. The Morgan fingerprint density at radius 2 is 1.63 bits per heavy atom. The van der Waals surface area contributed by atoms with Gasteiger partial charge in [0.2, 0.25) is 5.91 Å². The number of anilines is 1. The highest BCUT2D eigenvalue weighted by molar-refractivity contribution is 5.93. The van der Waals surface area contributed by atoms with E-state index in [-0.39, 0.29) is 17.3 Å². The maximum atomic E-state index is 12.8. The van der Waals surface area contributed by atoms with Crippen molar-refractivity contribution in [1.82, 2.24) is 0 Å². The zero-order valence-corrected chi connectivity index (χ0v) is 16.8. The molecule has 3 rings (SSSR count). The summed E-state index contributed by atoms with van der Waals surface area (Å²) < 4.78 is 0. The lowest BCUT2D eigenvalue weighted by molar-refractivity contribution is -0.384. The van der Waals surface area contributed by atoms with E-state index in [1.54, 1.807) is 29.2 Å². The minimum Gasteiger partial charge on any atom is -0.508 e. The van der Waals surface area contributed by atoms with Crippen LogP contribution < -0.4 is 4.90 Å². The van der Waals surface area contributed by atoms with Gasteiger partial charge in [0.25, 0.3) is 5.69 Å². The molecule has 0 bridgehead atoms. The first-order chi connectivity index (χ1) is 14.5. The summed E-state index contributed by atoms with van der Waals surface area (Å²) in [5, 5.41) is 20.6. The third-order valence-electron chi connectivity index (χ3n) is 4.89. The zero-order chi connectivity index (χ0) is 21.5. The highest BCUT2D eigenvalue weighted by Gasteiger charge is 2.18. The number of hydrogen-bond donors (Lipinski definition) is 1. The molecular formula is C24H24N2O4. The molecule has 0 atom stereocenters. The molecule has 0 aliphatic heterocycles. The minimum absolute atomic E-state index is 0.0385. The summed E-state index contributed by atoms with van der Waals surface area (Å²) in [6.45, 7) is 2.35. The number of rotatable bonds is 8. The Kier molecular flexibility index (Phi) is 6.80. The van der Waals surface area contributed by atoms with Gasteiger partial charge in [-0.15, -0.1) is 0 Å². The molecule has 30 heavy (non-hydrogen) atoms. The Morgan fingerprint density at radius 1 is 1.00 bits per heavy atom. The molecule has 0 aliphatic carbocycles. The fraction of sp³-hybridized carbons (Fsp3) is 0.208. The normalized spacial score (nSPS) is 10.6. The Balaban J connectivity index is 1.85. The first-order valence-corrected chi connectivity index (χ1v) is 9.91. The smallest absolute Gasteiger partial charge is 0.271 e. The van der Waals surface area contributed by atoms with Gasteiger partial charge in [0.15, 0.2) is 0 Å². The van der Waals surface area contributed by atoms with Gasteiger partial charge in [0.1, 0.15) is 5.75 Å². The third kappa shape index (κ3) is 5.23. The van der Waals surface area contributed by atoms with Crippen molar-refractivity contribution in [2.75, 3.05) is 4.90 Å². The number of amides is 1. The van der Waals surface area contributed by atoms with E-state index in [0.29, 0.717) is 18.7 Å². The lowest BCUT2D eigenvalue weighted by atomic mass is 10.0. The lowest BCUT2D eigenvalue weighted by Crippen LogP contribution is -2.30. The molecule has 0 unspecified atom stereocenters. The highest BCUT2D eigenvalue weighted by Crippen LogP contribution is 2.26. The van der Waals surface area contributed by atoms with Gasteiger partial charge in [-0.3, -0.25) is 14.9 Å². The molecule has 0 spiro atoms. The van der Waals surface area contributed by atoms with E-state index in [9.17, 15) is 20.0 Å². The molecule has 154 valence electrons. The molecule has 0 aromatic heterocycles. The summed E-state index contributed by atoms with van der Waals surface area (Å²) in [6, 6.07) is 21.0. The van der Waals surface area contributed by atoms with Crippen LogP contribution in [0.15, 0.2) is 72.8 Å². The summed E-state index contributed by atoms with van der Waals surface area (Å²) in [6.07, 6.45) is 2.06. The van der Waals surface area contributed by atoms with E-state index in [1.165, 1.54) is 12.1 Å². The number of nitro groups is 1. The van der Waals surface area contributed by atoms with Crippen LogP contribution in [0.25, 0.3) is 11.1 Å². The zero-order valence-electron chi connectivity index (χ0n) is 16.8. The number of carbonyl (C=O) groups excluding carboxylic acids is 1. The van der Waals surface area contributed by atoms with E-state index < -0.39 is 4.92 Å². The SMILES string of the molecule is CCCCC(=O)N(Cc1ccc(-c2ccc(O)cc2)cc1)c1cccc([N+](=O)[O-])c1. The van der Waals surface area contributed by atoms with E-state index >= 15 is 0 Å². The molecule has 3 aromatic carbocycles. The van der Waals surface area contributed by atoms with Crippen LogP contribution in [0.4, 0.5) is 11.4 Å². The molecule has 0 radical (unpaired) electrons. The Hall–Kier alpha value is -3.67. The summed E-state index contributed by atoms with van der Waals surface area (Å²) in [5.74, 6) is 0.161. The number of nitro benzene ring substituents is 1. The van der Waals surface area contributed by atoms with Crippen molar-refractivity contribution in [2.24, 2.45) is 0 Å². The Labute approximate surface area is 175 Å². The van der Waals surface area contributed by atoms with Crippen LogP contribution >= 0.6 is 0 Å². The average Bonchev–Trinajstić information content (AvgIpc) is 2.77. The van der Waals surface area contributed by atoms with Gasteiger partial charge in [-0.1, -0.05) is 55.8 Å². The minimum atomic E-state index is -0.454. The van der Waals surface area contributed by atoms with Crippen molar-refractivity contribution in [3.8, 4) is 16.9 Å². The van der Waals surface area contributed by atoms with Gasteiger partial charge >= 0.3 is 0 Å². The van der Waals surface area contributed by atoms with Crippen LogP contribution in [0.5, 0.6) is 5.75 Å². The monoisotopic (exact) mass is 404 g/mol. The first kappa shape index (κ1) is 21.0. The van der Waals surface area contributed by atoms with Gasteiger partial charge in [0.05, 0.1) is 17.2 Å². The number of hydrogen-bond acceptors (Lipinski definition) is 4. The third-order valence-corrected chi connectivity index (χ3v) is 4.89. The summed E-state index contributed by atoms with van der Waals surface area (Å²) in [5.41, 5.74) is 3.39. The van der Waals surface area contributed by atoms with E-state index in [1.807, 2.05) is 43.3 Å². The Bertz CT molecular complexity index is 1010. The number of unbranched alkanes of at least 4 members (excludes halogenated alkanes) is 1. The van der Waals surface area contributed by atoms with Gasteiger partial charge < -0.3 is 10.0 Å². The largest absolute Gasteiger partial charge is 0.508 e. The fourth-order valence-corrected chi connectivity index (χ4v) is 3.20. The van der Waals surface area contributed by atoms with Crippen molar-refractivity contribution in [1.29, 1.82) is 0 Å². The number of phenols is 1. The van der Waals surface area contributed by atoms with E-state index in [2.05, 4.69) is 0 Å². The lowest BCUT2D eigenvalue weighted by Gasteiger charge is -2.23. The van der Waals surface area contributed by atoms with Crippen molar-refractivity contribution in [2.45, 2.75) is 32.7 Å². The second-order valence-electron chi connectivity index (χ2n) is 7.10. The standard InChI is InChI=1S/C24H24N2O4/c1-2-3-7-24(28)25(21-5-4-6-22(16-21)26(29)30)17-18-8-10-19(11-9-18)20-12-14-23(27)15-13-20/h4-6,8-16,27H,2-3,7,17H2,1H3. The first-order valence-electron chi connectivity index (χ1n) is 9.91. The maximum Gasteiger partial charge on any atom is 0.271 e. The molecule has 0 saturated heterocycles. The predicted octanol–water partition coefficient (Wildman–Crippen LogP) is 5.69. The number of aromatic hydroxyl groups is 1. The molecule has 1 N–H and O–H groups in total. The summed E-state index contributed by atoms with van der Waals surface area (Å²) >= 11 is 0.